The topological polar surface area (TPSA) is 26.7 Å². The van der Waals surface area contributed by atoms with Crippen LogP contribution in [0.2, 0.25) is 0 Å². The van der Waals surface area contributed by atoms with Gasteiger partial charge in [0.05, 0.1) is 0 Å². The van der Waals surface area contributed by atoms with Crippen LogP contribution in [0.25, 0.3) is 0 Å². The monoisotopic (exact) mass is 330 g/mol. The van der Waals surface area contributed by atoms with Gasteiger partial charge in [0.1, 0.15) is 5.75 Å². The van der Waals surface area contributed by atoms with Crippen molar-refractivity contribution >= 4 is 0 Å². The Hall–Kier alpha value is -1.06. The molecular formula is C21H34N2O. The third-order valence-electron chi connectivity index (χ3n) is 5.64. The first-order valence-electron chi connectivity index (χ1n) is 9.93. The third-order valence-corrected chi connectivity index (χ3v) is 5.64. The Morgan fingerprint density at radius 3 is 1.58 bits per heavy atom. The zero-order valence-corrected chi connectivity index (χ0v) is 15.6. The van der Waals surface area contributed by atoms with Crippen molar-refractivity contribution in [2.24, 2.45) is 0 Å². The quantitative estimate of drug-likeness (QED) is 0.862. The van der Waals surface area contributed by atoms with E-state index < -0.39 is 0 Å². The van der Waals surface area contributed by atoms with Gasteiger partial charge in [-0.25, -0.2) is 0 Å². The smallest absolute Gasteiger partial charge is 0.124 e. The Morgan fingerprint density at radius 1 is 0.792 bits per heavy atom. The summed E-state index contributed by atoms with van der Waals surface area (Å²) in [6.45, 7) is 11.0. The number of nitrogens with zero attached hydrogens (tertiary/aromatic N) is 2. The van der Waals surface area contributed by atoms with Gasteiger partial charge in [0.15, 0.2) is 0 Å². The Kier molecular flexibility index (Phi) is 6.18. The Balaban J connectivity index is 1.80. The molecule has 0 atom stereocenters. The van der Waals surface area contributed by atoms with Crippen molar-refractivity contribution in [3.63, 3.8) is 0 Å². The van der Waals surface area contributed by atoms with E-state index in [0.717, 1.165) is 24.2 Å². The van der Waals surface area contributed by atoms with E-state index in [1.165, 1.54) is 70.3 Å². The van der Waals surface area contributed by atoms with E-state index >= 15 is 0 Å². The minimum atomic E-state index is 0.505. The summed E-state index contributed by atoms with van der Waals surface area (Å²) in [7, 11) is 0. The minimum Gasteiger partial charge on any atom is -0.507 e. The average molecular weight is 331 g/mol. The largest absolute Gasteiger partial charge is 0.507 e. The molecule has 0 unspecified atom stereocenters. The average Bonchev–Trinajstić information content (AvgIpc) is 2.60. The zero-order chi connectivity index (χ0) is 16.9. The number of benzene rings is 1. The van der Waals surface area contributed by atoms with Crippen molar-refractivity contribution in [3.8, 4) is 5.75 Å². The molecule has 1 aromatic rings. The Morgan fingerprint density at radius 2 is 1.21 bits per heavy atom. The molecule has 134 valence electrons. The van der Waals surface area contributed by atoms with Crippen molar-refractivity contribution < 1.29 is 5.11 Å². The molecule has 0 radical (unpaired) electrons. The molecule has 0 spiro atoms. The zero-order valence-electron chi connectivity index (χ0n) is 15.6. The van der Waals surface area contributed by atoms with Crippen molar-refractivity contribution in [2.45, 2.75) is 71.4 Å². The van der Waals surface area contributed by atoms with Crippen LogP contribution in [-0.4, -0.2) is 41.1 Å². The molecule has 0 bridgehead atoms. The second-order valence-corrected chi connectivity index (χ2v) is 8.02. The number of hydrogen-bond acceptors (Lipinski definition) is 3. The number of likely N-dealkylation sites (tertiary alicyclic amines) is 2. The summed E-state index contributed by atoms with van der Waals surface area (Å²) in [5.41, 5.74) is 3.64. The fourth-order valence-electron chi connectivity index (χ4n) is 4.08. The van der Waals surface area contributed by atoms with Crippen molar-refractivity contribution in [3.05, 3.63) is 28.8 Å². The molecule has 3 rings (SSSR count). The van der Waals surface area contributed by atoms with Crippen LogP contribution in [0.3, 0.4) is 0 Å². The summed E-state index contributed by atoms with van der Waals surface area (Å²) < 4.78 is 0. The minimum absolute atomic E-state index is 0.505. The van der Waals surface area contributed by atoms with Crippen LogP contribution in [-0.2, 0) is 13.1 Å². The van der Waals surface area contributed by atoms with Gasteiger partial charge in [-0.3, -0.25) is 9.80 Å². The molecule has 2 aliphatic rings. The van der Waals surface area contributed by atoms with Crippen LogP contribution >= 0.6 is 0 Å². The normalized spacial score (nSPS) is 20.6. The fourth-order valence-corrected chi connectivity index (χ4v) is 4.08. The van der Waals surface area contributed by atoms with Gasteiger partial charge in [0.2, 0.25) is 0 Å². The van der Waals surface area contributed by atoms with E-state index in [1.54, 1.807) is 0 Å². The molecule has 3 nitrogen and oxygen atoms in total. The maximum Gasteiger partial charge on any atom is 0.124 e. The highest BCUT2D eigenvalue weighted by atomic mass is 16.3. The SMILES string of the molecule is CC(C)c1cc(CN2CCCCC2)c(O)c(CN2CCCCC2)c1. The fraction of sp³-hybridized carbons (Fsp3) is 0.714. The summed E-state index contributed by atoms with van der Waals surface area (Å²) in [5, 5.41) is 10.9. The number of phenolic OH excluding ortho intramolecular Hbond substituents is 1. The lowest BCUT2D eigenvalue weighted by Crippen LogP contribution is -2.30. The molecule has 3 heteroatoms. The summed E-state index contributed by atoms with van der Waals surface area (Å²) in [6.07, 6.45) is 7.90. The van der Waals surface area contributed by atoms with E-state index in [2.05, 4.69) is 35.8 Å². The summed E-state index contributed by atoms with van der Waals surface area (Å²) in [5.74, 6) is 1.06. The third kappa shape index (κ3) is 4.52. The highest BCUT2D eigenvalue weighted by Crippen LogP contribution is 2.31. The number of aromatic hydroxyl groups is 1. The second kappa shape index (κ2) is 8.35. The number of phenols is 1. The van der Waals surface area contributed by atoms with Crippen LogP contribution in [0.15, 0.2) is 12.1 Å². The number of hydrogen-bond donors (Lipinski definition) is 1. The van der Waals surface area contributed by atoms with Gasteiger partial charge in [0.25, 0.3) is 0 Å². The molecule has 2 saturated heterocycles. The highest BCUT2D eigenvalue weighted by Gasteiger charge is 2.19. The van der Waals surface area contributed by atoms with E-state index in [4.69, 9.17) is 0 Å². The molecular weight excluding hydrogens is 296 g/mol. The van der Waals surface area contributed by atoms with Crippen LogP contribution < -0.4 is 0 Å². The maximum atomic E-state index is 10.9. The molecule has 2 heterocycles. The maximum absolute atomic E-state index is 10.9. The second-order valence-electron chi connectivity index (χ2n) is 8.02. The van der Waals surface area contributed by atoms with Gasteiger partial charge in [-0.05, 0) is 63.3 Å². The summed E-state index contributed by atoms with van der Waals surface area (Å²) >= 11 is 0. The number of piperidine rings is 2. The lowest BCUT2D eigenvalue weighted by molar-refractivity contribution is 0.213. The molecule has 2 aliphatic heterocycles. The van der Waals surface area contributed by atoms with Crippen molar-refractivity contribution in [1.29, 1.82) is 0 Å². The van der Waals surface area contributed by atoms with Crippen LogP contribution in [0.1, 0.15) is 75.0 Å². The molecule has 0 amide bonds. The van der Waals surface area contributed by atoms with E-state index in [0.29, 0.717) is 11.7 Å². The lowest BCUT2D eigenvalue weighted by Gasteiger charge is -2.29. The first kappa shape index (κ1) is 17.8. The molecule has 0 aliphatic carbocycles. The Bertz CT molecular complexity index is 488. The van der Waals surface area contributed by atoms with Crippen molar-refractivity contribution in [1.82, 2.24) is 9.80 Å². The number of rotatable bonds is 5. The lowest BCUT2D eigenvalue weighted by atomic mass is 9.95. The molecule has 24 heavy (non-hydrogen) atoms. The summed E-state index contributed by atoms with van der Waals surface area (Å²) in [4.78, 5) is 5.01. The Labute approximate surface area is 147 Å². The van der Waals surface area contributed by atoms with Gasteiger partial charge in [-0.1, -0.05) is 38.8 Å². The van der Waals surface area contributed by atoms with Gasteiger partial charge in [-0.2, -0.15) is 0 Å². The molecule has 2 fully saturated rings. The highest BCUT2D eigenvalue weighted by molar-refractivity contribution is 5.44. The van der Waals surface area contributed by atoms with E-state index in [-0.39, 0.29) is 0 Å². The van der Waals surface area contributed by atoms with Crippen LogP contribution in [0, 0.1) is 0 Å². The van der Waals surface area contributed by atoms with Crippen LogP contribution in [0.4, 0.5) is 0 Å². The molecule has 0 saturated carbocycles. The van der Waals surface area contributed by atoms with Gasteiger partial charge in [-0.15, -0.1) is 0 Å². The van der Waals surface area contributed by atoms with E-state index in [1.807, 2.05) is 0 Å². The first-order chi connectivity index (χ1) is 11.6. The van der Waals surface area contributed by atoms with Crippen molar-refractivity contribution in [2.75, 3.05) is 26.2 Å². The van der Waals surface area contributed by atoms with Crippen LogP contribution in [0.5, 0.6) is 5.75 Å². The van der Waals surface area contributed by atoms with E-state index in [9.17, 15) is 5.11 Å². The van der Waals surface area contributed by atoms with Gasteiger partial charge < -0.3 is 5.11 Å². The predicted molar refractivity (Wildman–Crippen MR) is 100 cm³/mol. The van der Waals surface area contributed by atoms with Gasteiger partial charge >= 0.3 is 0 Å². The first-order valence-corrected chi connectivity index (χ1v) is 9.93. The standard InChI is InChI=1S/C21H34N2O/c1-17(2)18-13-19(15-22-9-5-3-6-10-22)21(24)20(14-18)16-23-11-7-4-8-12-23/h13-14,17,24H,3-12,15-16H2,1-2H3. The molecule has 0 aromatic heterocycles. The van der Waals surface area contributed by atoms with Gasteiger partial charge in [0, 0.05) is 24.2 Å². The summed E-state index contributed by atoms with van der Waals surface area (Å²) in [6, 6.07) is 4.49. The molecule has 1 N–H and O–H groups in total. The molecule has 1 aromatic carbocycles. The predicted octanol–water partition coefficient (Wildman–Crippen LogP) is 4.49.